The van der Waals surface area contributed by atoms with E-state index in [-0.39, 0.29) is 12.0 Å². The molecule has 0 spiro atoms. The van der Waals surface area contributed by atoms with Gasteiger partial charge in [-0.15, -0.1) is 0 Å². The largest absolute Gasteiger partial charge is 0.416 e. The van der Waals surface area contributed by atoms with Crippen LogP contribution in [0, 0.1) is 5.92 Å². The molecule has 1 atom stereocenters. The van der Waals surface area contributed by atoms with Crippen molar-refractivity contribution in [3.8, 4) is 0 Å². The monoisotopic (exact) mass is 331 g/mol. The molecule has 0 amide bonds. The average molecular weight is 331 g/mol. The van der Waals surface area contributed by atoms with Crippen molar-refractivity contribution in [3.63, 3.8) is 0 Å². The van der Waals surface area contributed by atoms with Gasteiger partial charge in [0.1, 0.15) is 0 Å². The third-order valence-electron chi connectivity index (χ3n) is 4.31. The summed E-state index contributed by atoms with van der Waals surface area (Å²) in [4.78, 5) is 0. The van der Waals surface area contributed by atoms with Crippen LogP contribution in [0.15, 0.2) is 24.3 Å². The number of nitrogens with one attached hydrogen (secondary N) is 1. The highest BCUT2D eigenvalue weighted by Gasteiger charge is 2.33. The summed E-state index contributed by atoms with van der Waals surface area (Å²) in [6.45, 7) is 5.26. The number of halogens is 3. The third-order valence-corrected chi connectivity index (χ3v) is 4.31. The molecule has 1 aromatic rings. The highest BCUT2D eigenvalue weighted by molar-refractivity contribution is 5.28. The molecular weight excluding hydrogens is 307 g/mol. The van der Waals surface area contributed by atoms with Crippen LogP contribution in [0.1, 0.15) is 43.9 Å². The SMILES string of the molecule is CC(C)C(NCC1(O)CCOCC1)c1cccc(C(F)(F)F)c1. The smallest absolute Gasteiger partial charge is 0.388 e. The topological polar surface area (TPSA) is 41.5 Å². The molecule has 1 aliphatic heterocycles. The Morgan fingerprint density at radius 2 is 1.91 bits per heavy atom. The van der Waals surface area contributed by atoms with E-state index < -0.39 is 17.3 Å². The van der Waals surface area contributed by atoms with Crippen LogP contribution in [-0.4, -0.2) is 30.5 Å². The number of benzene rings is 1. The van der Waals surface area contributed by atoms with Crippen molar-refractivity contribution in [2.75, 3.05) is 19.8 Å². The second-order valence-electron chi connectivity index (χ2n) is 6.56. The fourth-order valence-corrected chi connectivity index (χ4v) is 2.87. The summed E-state index contributed by atoms with van der Waals surface area (Å²) in [5.41, 5.74) is -0.912. The Bertz CT molecular complexity index is 511. The quantitative estimate of drug-likeness (QED) is 0.867. The minimum Gasteiger partial charge on any atom is -0.388 e. The summed E-state index contributed by atoms with van der Waals surface area (Å²) in [7, 11) is 0. The first-order chi connectivity index (χ1) is 10.7. The van der Waals surface area contributed by atoms with Crippen molar-refractivity contribution < 1.29 is 23.0 Å². The molecule has 1 saturated heterocycles. The molecule has 1 aromatic carbocycles. The molecule has 3 nitrogen and oxygen atoms in total. The maximum atomic E-state index is 12.9. The summed E-state index contributed by atoms with van der Waals surface area (Å²) < 4.78 is 43.9. The Morgan fingerprint density at radius 3 is 2.48 bits per heavy atom. The molecule has 2 N–H and O–H groups in total. The van der Waals surface area contributed by atoms with Gasteiger partial charge < -0.3 is 15.2 Å². The number of ether oxygens (including phenoxy) is 1. The molecule has 6 heteroatoms. The fraction of sp³-hybridized carbons (Fsp3) is 0.647. The predicted octanol–water partition coefficient (Wildman–Crippen LogP) is 3.53. The van der Waals surface area contributed by atoms with E-state index in [0.717, 1.165) is 6.07 Å². The van der Waals surface area contributed by atoms with Gasteiger partial charge in [0.05, 0.1) is 11.2 Å². The molecule has 1 unspecified atom stereocenters. The maximum Gasteiger partial charge on any atom is 0.416 e. The molecule has 1 fully saturated rings. The molecule has 0 radical (unpaired) electrons. The van der Waals surface area contributed by atoms with E-state index in [0.29, 0.717) is 38.2 Å². The van der Waals surface area contributed by atoms with Crippen molar-refractivity contribution >= 4 is 0 Å². The van der Waals surface area contributed by atoms with Crippen LogP contribution in [-0.2, 0) is 10.9 Å². The first kappa shape index (κ1) is 18.2. The van der Waals surface area contributed by atoms with E-state index in [2.05, 4.69) is 5.32 Å². The van der Waals surface area contributed by atoms with Gasteiger partial charge in [-0.25, -0.2) is 0 Å². The van der Waals surface area contributed by atoms with E-state index in [1.54, 1.807) is 6.07 Å². The Morgan fingerprint density at radius 1 is 1.26 bits per heavy atom. The summed E-state index contributed by atoms with van der Waals surface area (Å²) in [6, 6.07) is 5.14. The van der Waals surface area contributed by atoms with Crippen molar-refractivity contribution in [2.45, 2.75) is 44.5 Å². The van der Waals surface area contributed by atoms with Gasteiger partial charge >= 0.3 is 6.18 Å². The van der Waals surface area contributed by atoms with Gasteiger partial charge in [0.25, 0.3) is 0 Å². The number of aliphatic hydroxyl groups is 1. The number of alkyl halides is 3. The molecule has 0 aromatic heterocycles. The van der Waals surface area contributed by atoms with Crippen LogP contribution in [0.25, 0.3) is 0 Å². The fourth-order valence-electron chi connectivity index (χ4n) is 2.87. The summed E-state index contributed by atoms with van der Waals surface area (Å²) in [5, 5.41) is 13.8. The van der Waals surface area contributed by atoms with Gasteiger partial charge in [-0.05, 0) is 23.6 Å². The zero-order valence-electron chi connectivity index (χ0n) is 13.5. The lowest BCUT2D eigenvalue weighted by atomic mass is 9.91. The van der Waals surface area contributed by atoms with Gasteiger partial charge in [0.15, 0.2) is 0 Å². The van der Waals surface area contributed by atoms with Gasteiger partial charge in [0, 0.05) is 38.6 Å². The van der Waals surface area contributed by atoms with Gasteiger partial charge in [-0.3, -0.25) is 0 Å². The number of hydrogen-bond donors (Lipinski definition) is 2. The number of rotatable bonds is 5. The molecule has 0 bridgehead atoms. The van der Waals surface area contributed by atoms with Crippen molar-refractivity contribution in [3.05, 3.63) is 35.4 Å². The average Bonchev–Trinajstić information content (AvgIpc) is 2.47. The highest BCUT2D eigenvalue weighted by Crippen LogP contribution is 2.32. The van der Waals surface area contributed by atoms with Crippen molar-refractivity contribution in [1.29, 1.82) is 0 Å². The van der Waals surface area contributed by atoms with E-state index >= 15 is 0 Å². The minimum absolute atomic E-state index is 0.0990. The van der Waals surface area contributed by atoms with Crippen molar-refractivity contribution in [1.82, 2.24) is 5.32 Å². The third kappa shape index (κ3) is 4.93. The molecule has 0 saturated carbocycles. The summed E-state index contributed by atoms with van der Waals surface area (Å²) >= 11 is 0. The van der Waals surface area contributed by atoms with E-state index in [1.165, 1.54) is 12.1 Å². The van der Waals surface area contributed by atoms with Crippen LogP contribution in [0.3, 0.4) is 0 Å². The molecule has 130 valence electrons. The standard InChI is InChI=1S/C17H24F3NO2/c1-12(2)15(21-11-16(22)6-8-23-9-7-16)13-4-3-5-14(10-13)17(18,19)20/h3-5,10,12,15,21-22H,6-9,11H2,1-2H3. The molecule has 23 heavy (non-hydrogen) atoms. The van der Waals surface area contributed by atoms with Crippen LogP contribution >= 0.6 is 0 Å². The Hall–Kier alpha value is -1.11. The minimum atomic E-state index is -4.35. The Labute approximate surface area is 134 Å². The van der Waals surface area contributed by atoms with Crippen LogP contribution in [0.5, 0.6) is 0 Å². The van der Waals surface area contributed by atoms with Gasteiger partial charge in [-0.2, -0.15) is 13.2 Å². The lowest BCUT2D eigenvalue weighted by Gasteiger charge is -2.35. The Kier molecular flexibility index (Phi) is 5.70. The molecule has 2 rings (SSSR count). The highest BCUT2D eigenvalue weighted by atomic mass is 19.4. The zero-order chi connectivity index (χ0) is 17.1. The first-order valence-electron chi connectivity index (χ1n) is 7.92. The van der Waals surface area contributed by atoms with Crippen LogP contribution < -0.4 is 5.32 Å². The summed E-state index contributed by atoms with van der Waals surface area (Å²) in [5.74, 6) is 0.0990. The van der Waals surface area contributed by atoms with E-state index in [4.69, 9.17) is 4.74 Å². The second kappa shape index (κ2) is 7.20. The number of hydrogen-bond acceptors (Lipinski definition) is 3. The lowest BCUT2D eigenvalue weighted by Crippen LogP contribution is -2.46. The summed E-state index contributed by atoms with van der Waals surface area (Å²) in [6.07, 6.45) is -3.28. The maximum absolute atomic E-state index is 12.9. The van der Waals surface area contributed by atoms with Crippen LogP contribution in [0.2, 0.25) is 0 Å². The van der Waals surface area contributed by atoms with Gasteiger partial charge in [0.2, 0.25) is 0 Å². The molecule has 0 aliphatic carbocycles. The zero-order valence-corrected chi connectivity index (χ0v) is 13.5. The van der Waals surface area contributed by atoms with Gasteiger partial charge in [-0.1, -0.05) is 26.0 Å². The predicted molar refractivity (Wildman–Crippen MR) is 82.0 cm³/mol. The normalized spacial score (nSPS) is 19.8. The van der Waals surface area contributed by atoms with E-state index in [1.807, 2.05) is 13.8 Å². The first-order valence-corrected chi connectivity index (χ1v) is 7.92. The molecule has 1 heterocycles. The molecule has 1 aliphatic rings. The lowest BCUT2D eigenvalue weighted by molar-refractivity contribution is -0.137. The molecular formula is C17H24F3NO2. The Balaban J connectivity index is 2.12. The van der Waals surface area contributed by atoms with E-state index in [9.17, 15) is 18.3 Å². The van der Waals surface area contributed by atoms with Crippen molar-refractivity contribution in [2.24, 2.45) is 5.92 Å². The van der Waals surface area contributed by atoms with Crippen LogP contribution in [0.4, 0.5) is 13.2 Å². The second-order valence-corrected chi connectivity index (χ2v) is 6.56.